The molecule has 4 nitrogen and oxygen atoms in total. The van der Waals surface area contributed by atoms with Crippen LogP contribution in [0.1, 0.15) is 42.5 Å². The van der Waals surface area contributed by atoms with Gasteiger partial charge >= 0.3 is 10.8 Å². The van der Waals surface area contributed by atoms with Crippen LogP contribution in [0.5, 0.6) is 0 Å². The molecule has 8 heteroatoms. The Bertz CT molecular complexity index is 1030. The third-order valence-electron chi connectivity index (χ3n) is 6.60. The van der Waals surface area contributed by atoms with Crippen LogP contribution in [0, 0.1) is 17.8 Å². The minimum absolute atomic E-state index is 0.0347. The van der Waals surface area contributed by atoms with Gasteiger partial charge in [-0.3, -0.25) is 14.2 Å². The van der Waals surface area contributed by atoms with Crippen LogP contribution in [0.15, 0.2) is 28.0 Å². The SMILES string of the molecule is CCOC(=O)Cn1c2c(sc1=O)[C@@H](c1cccc(Cl)c1Cl)C1C3CCC(C3)C1S2. The molecule has 2 fully saturated rings. The first-order valence-corrected chi connectivity index (χ1v) is 12.4. The summed E-state index contributed by atoms with van der Waals surface area (Å²) in [6.45, 7) is 2.05. The first kappa shape index (κ1) is 20.0. The van der Waals surface area contributed by atoms with Gasteiger partial charge in [-0.05, 0) is 55.6 Å². The molecule has 5 rings (SSSR count). The van der Waals surface area contributed by atoms with Crippen molar-refractivity contribution in [2.75, 3.05) is 6.61 Å². The van der Waals surface area contributed by atoms with Crippen LogP contribution in [-0.2, 0) is 16.1 Å². The van der Waals surface area contributed by atoms with E-state index in [4.69, 9.17) is 27.9 Å². The molecule has 29 heavy (non-hydrogen) atoms. The minimum Gasteiger partial charge on any atom is -0.465 e. The molecule has 2 saturated carbocycles. The maximum absolute atomic E-state index is 12.9. The van der Waals surface area contributed by atoms with Gasteiger partial charge in [0.15, 0.2) is 0 Å². The van der Waals surface area contributed by atoms with Gasteiger partial charge in [0.1, 0.15) is 6.54 Å². The summed E-state index contributed by atoms with van der Waals surface area (Å²) in [7, 11) is 0. The highest BCUT2D eigenvalue weighted by molar-refractivity contribution is 8.00. The maximum atomic E-state index is 12.9. The Kier molecular flexibility index (Phi) is 5.26. The molecule has 2 heterocycles. The van der Waals surface area contributed by atoms with E-state index in [1.54, 1.807) is 29.3 Å². The standard InChI is InChI=1S/C21H21Cl2NO3S2/c1-2-27-14(25)9-24-20-19(29-21(24)26)16(12-4-3-5-13(22)17(12)23)15-10-6-7-11(8-10)18(15)28-20/h3-5,10-11,15-16,18H,2,6-9H2,1H3/t10?,11?,15?,16-,18?/m0/s1. The van der Waals surface area contributed by atoms with Gasteiger partial charge in [0.05, 0.1) is 21.7 Å². The van der Waals surface area contributed by atoms with Crippen molar-refractivity contribution in [2.45, 2.75) is 48.9 Å². The molecule has 1 aliphatic heterocycles. The monoisotopic (exact) mass is 469 g/mol. The lowest BCUT2D eigenvalue weighted by Crippen LogP contribution is -2.34. The highest BCUT2D eigenvalue weighted by Crippen LogP contribution is 2.64. The summed E-state index contributed by atoms with van der Waals surface area (Å²) in [6.07, 6.45) is 3.74. The summed E-state index contributed by atoms with van der Waals surface area (Å²) in [5, 5.41) is 2.49. The number of aromatic nitrogens is 1. The molecule has 1 aromatic heterocycles. The van der Waals surface area contributed by atoms with E-state index < -0.39 is 0 Å². The van der Waals surface area contributed by atoms with Gasteiger partial charge in [0.2, 0.25) is 0 Å². The number of rotatable bonds is 4. The van der Waals surface area contributed by atoms with Crippen LogP contribution in [-0.4, -0.2) is 22.4 Å². The Labute approximate surface area is 187 Å². The van der Waals surface area contributed by atoms with Crippen molar-refractivity contribution in [3.63, 3.8) is 0 Å². The number of halogens is 2. The fourth-order valence-electron chi connectivity index (χ4n) is 5.53. The van der Waals surface area contributed by atoms with Crippen molar-refractivity contribution in [1.29, 1.82) is 0 Å². The number of nitrogens with zero attached hydrogens (tertiary/aromatic N) is 1. The van der Waals surface area contributed by atoms with Crippen LogP contribution < -0.4 is 4.87 Å². The zero-order valence-corrected chi connectivity index (χ0v) is 19.0. The van der Waals surface area contributed by atoms with Crippen LogP contribution in [0.4, 0.5) is 0 Å². The molecule has 5 atom stereocenters. The molecular formula is C21H21Cl2NO3S2. The van der Waals surface area contributed by atoms with Gasteiger partial charge in [0.25, 0.3) is 0 Å². The summed E-state index contributed by atoms with van der Waals surface area (Å²) in [5.74, 6) is 1.45. The number of fused-ring (bicyclic) bond motifs is 6. The zero-order chi connectivity index (χ0) is 20.3. The van der Waals surface area contributed by atoms with Gasteiger partial charge in [-0.2, -0.15) is 0 Å². The van der Waals surface area contributed by atoms with E-state index in [1.165, 1.54) is 30.6 Å². The smallest absolute Gasteiger partial charge is 0.326 e. The molecule has 2 aromatic rings. The molecule has 1 aromatic carbocycles. The third kappa shape index (κ3) is 3.18. The normalized spacial score (nSPS) is 29.6. The van der Waals surface area contributed by atoms with Gasteiger partial charge in [-0.1, -0.05) is 46.7 Å². The first-order valence-electron chi connectivity index (χ1n) is 9.99. The van der Waals surface area contributed by atoms with Crippen molar-refractivity contribution in [3.05, 3.63) is 48.4 Å². The summed E-state index contributed by atoms with van der Waals surface area (Å²) < 4.78 is 6.71. The van der Waals surface area contributed by atoms with E-state index in [9.17, 15) is 9.59 Å². The van der Waals surface area contributed by atoms with Crippen molar-refractivity contribution in [1.82, 2.24) is 4.57 Å². The van der Waals surface area contributed by atoms with Crippen molar-refractivity contribution in [2.24, 2.45) is 17.8 Å². The fourth-order valence-corrected chi connectivity index (χ4v) is 9.10. The second-order valence-electron chi connectivity index (χ2n) is 8.04. The predicted molar refractivity (Wildman–Crippen MR) is 117 cm³/mol. The molecule has 2 bridgehead atoms. The first-order chi connectivity index (χ1) is 14.0. The predicted octanol–water partition coefficient (Wildman–Crippen LogP) is 5.43. The lowest BCUT2D eigenvalue weighted by Gasteiger charge is -2.40. The van der Waals surface area contributed by atoms with E-state index >= 15 is 0 Å². The molecule has 0 saturated heterocycles. The van der Waals surface area contributed by atoms with Crippen LogP contribution in [0.2, 0.25) is 10.0 Å². The number of hydrogen-bond acceptors (Lipinski definition) is 5. The summed E-state index contributed by atoms with van der Waals surface area (Å²) in [4.78, 5) is 25.9. The summed E-state index contributed by atoms with van der Waals surface area (Å²) in [6, 6.07) is 5.78. The third-order valence-corrected chi connectivity index (χ3v) is 10.3. The molecule has 0 N–H and O–H groups in total. The molecule has 0 amide bonds. The topological polar surface area (TPSA) is 48.3 Å². The van der Waals surface area contributed by atoms with Crippen molar-refractivity contribution >= 4 is 52.3 Å². The van der Waals surface area contributed by atoms with Gasteiger partial charge in [0, 0.05) is 16.0 Å². The van der Waals surface area contributed by atoms with Crippen LogP contribution in [0.25, 0.3) is 0 Å². The van der Waals surface area contributed by atoms with E-state index in [0.717, 1.165) is 15.5 Å². The quantitative estimate of drug-likeness (QED) is 0.559. The number of hydrogen-bond donors (Lipinski definition) is 0. The number of carbonyl (C=O) groups is 1. The zero-order valence-electron chi connectivity index (χ0n) is 15.9. The maximum Gasteiger partial charge on any atom is 0.326 e. The highest BCUT2D eigenvalue weighted by atomic mass is 35.5. The van der Waals surface area contributed by atoms with Gasteiger partial charge < -0.3 is 4.74 Å². The molecular weight excluding hydrogens is 449 g/mol. The minimum atomic E-state index is -0.372. The van der Waals surface area contributed by atoms with E-state index in [2.05, 4.69) is 0 Å². The van der Waals surface area contributed by atoms with E-state index in [1.807, 2.05) is 12.1 Å². The molecule has 154 valence electrons. The molecule has 0 spiro atoms. The van der Waals surface area contributed by atoms with E-state index in [0.29, 0.717) is 39.7 Å². The van der Waals surface area contributed by atoms with Crippen molar-refractivity contribution < 1.29 is 9.53 Å². The fraction of sp³-hybridized carbons (Fsp3) is 0.524. The molecule has 0 radical (unpaired) electrons. The molecule has 2 aliphatic carbocycles. The van der Waals surface area contributed by atoms with E-state index in [-0.39, 0.29) is 23.3 Å². The Hall–Kier alpha value is -0.950. The number of esters is 1. The second kappa shape index (κ2) is 7.63. The number of carbonyl (C=O) groups excluding carboxylic acids is 1. The van der Waals surface area contributed by atoms with Crippen molar-refractivity contribution in [3.8, 4) is 0 Å². The summed E-state index contributed by atoms with van der Waals surface area (Å²) >= 11 is 16.1. The lowest BCUT2D eigenvalue weighted by atomic mass is 9.75. The Balaban J connectivity index is 1.65. The number of ether oxygens (including phenoxy) is 1. The largest absolute Gasteiger partial charge is 0.465 e. The highest BCUT2D eigenvalue weighted by Gasteiger charge is 2.55. The van der Waals surface area contributed by atoms with Gasteiger partial charge in [-0.15, -0.1) is 11.8 Å². The Morgan fingerprint density at radius 2 is 2.07 bits per heavy atom. The average Bonchev–Trinajstić information content (AvgIpc) is 3.38. The average molecular weight is 470 g/mol. The second-order valence-corrected chi connectivity index (χ2v) is 11.0. The summed E-state index contributed by atoms with van der Waals surface area (Å²) in [5.41, 5.74) is 1.01. The lowest BCUT2D eigenvalue weighted by molar-refractivity contribution is -0.144. The molecule has 3 aliphatic rings. The molecule has 4 unspecified atom stereocenters. The van der Waals surface area contributed by atoms with Crippen LogP contribution in [0.3, 0.4) is 0 Å². The van der Waals surface area contributed by atoms with Crippen LogP contribution >= 0.6 is 46.3 Å². The number of thiazole rings is 1. The number of benzene rings is 1. The van der Waals surface area contributed by atoms with Gasteiger partial charge in [-0.25, -0.2) is 0 Å². The Morgan fingerprint density at radius 1 is 1.28 bits per heavy atom. The Morgan fingerprint density at radius 3 is 2.86 bits per heavy atom. The number of thioether (sulfide) groups is 1.